The van der Waals surface area contributed by atoms with E-state index in [1.54, 1.807) is 0 Å². The number of aryl methyl sites for hydroxylation is 1. The molecule has 3 rings (SSSR count). The van der Waals surface area contributed by atoms with Crippen molar-refractivity contribution < 1.29 is 4.79 Å². The number of piperidine rings is 1. The molecule has 2 aliphatic rings. The van der Waals surface area contributed by atoms with Gasteiger partial charge in [0.1, 0.15) is 5.82 Å². The first-order valence-corrected chi connectivity index (χ1v) is 8.88. The first-order chi connectivity index (χ1) is 10.6. The summed E-state index contributed by atoms with van der Waals surface area (Å²) < 4.78 is 2.13. The number of likely N-dealkylation sites (tertiary alicyclic amines) is 1. The van der Waals surface area contributed by atoms with Crippen LogP contribution in [0.1, 0.15) is 70.5 Å². The van der Waals surface area contributed by atoms with Crippen molar-refractivity contribution in [1.29, 1.82) is 0 Å². The molecule has 0 N–H and O–H groups in total. The summed E-state index contributed by atoms with van der Waals surface area (Å²) in [7, 11) is 0. The van der Waals surface area contributed by atoms with Gasteiger partial charge in [0.15, 0.2) is 0 Å². The van der Waals surface area contributed by atoms with Gasteiger partial charge < -0.3 is 9.47 Å². The Morgan fingerprint density at radius 3 is 2.55 bits per heavy atom. The van der Waals surface area contributed by atoms with Crippen LogP contribution in [0.25, 0.3) is 0 Å². The predicted octanol–water partition coefficient (Wildman–Crippen LogP) is 3.58. The molecule has 1 aromatic heterocycles. The second-order valence-corrected chi connectivity index (χ2v) is 7.47. The van der Waals surface area contributed by atoms with Crippen molar-refractivity contribution in [1.82, 2.24) is 14.5 Å². The van der Waals surface area contributed by atoms with Crippen LogP contribution in [-0.2, 0) is 11.3 Å². The standard InChI is InChI=1S/C18H29N3O/c1-15(2)17-19-10-14-21(17)11-5-16(22)20-12-8-18(9-13-20)6-3-4-7-18/h10,14-15H,3-9,11-13H2,1-2H3. The van der Waals surface area contributed by atoms with Crippen molar-refractivity contribution in [3.63, 3.8) is 0 Å². The van der Waals surface area contributed by atoms with Gasteiger partial charge in [-0.3, -0.25) is 4.79 Å². The van der Waals surface area contributed by atoms with Gasteiger partial charge in [-0.25, -0.2) is 4.98 Å². The van der Waals surface area contributed by atoms with Crippen LogP contribution in [0.15, 0.2) is 12.4 Å². The maximum atomic E-state index is 12.5. The monoisotopic (exact) mass is 303 g/mol. The number of hydrogen-bond donors (Lipinski definition) is 0. The number of amides is 1. The first-order valence-electron chi connectivity index (χ1n) is 8.88. The van der Waals surface area contributed by atoms with Crippen molar-refractivity contribution in [2.24, 2.45) is 5.41 Å². The van der Waals surface area contributed by atoms with Gasteiger partial charge in [-0.15, -0.1) is 0 Å². The fraction of sp³-hybridized carbons (Fsp3) is 0.778. The van der Waals surface area contributed by atoms with Crippen LogP contribution in [0.4, 0.5) is 0 Å². The van der Waals surface area contributed by atoms with Crippen LogP contribution in [0.5, 0.6) is 0 Å². The minimum atomic E-state index is 0.316. The van der Waals surface area contributed by atoms with Gasteiger partial charge in [-0.1, -0.05) is 26.7 Å². The summed E-state index contributed by atoms with van der Waals surface area (Å²) in [5.41, 5.74) is 0.589. The van der Waals surface area contributed by atoms with Gasteiger partial charge >= 0.3 is 0 Å². The average Bonchev–Trinajstić information content (AvgIpc) is 3.15. The molecular weight excluding hydrogens is 274 g/mol. The van der Waals surface area contributed by atoms with Crippen LogP contribution >= 0.6 is 0 Å². The molecule has 1 saturated carbocycles. The summed E-state index contributed by atoms with van der Waals surface area (Å²) in [6, 6.07) is 0. The second kappa shape index (κ2) is 6.43. The lowest BCUT2D eigenvalue weighted by Gasteiger charge is -2.39. The Hall–Kier alpha value is -1.32. The highest BCUT2D eigenvalue weighted by Gasteiger charge is 2.37. The third-order valence-corrected chi connectivity index (χ3v) is 5.67. The molecule has 4 nitrogen and oxygen atoms in total. The molecule has 0 bridgehead atoms. The summed E-state index contributed by atoms with van der Waals surface area (Å²) in [5.74, 6) is 1.80. The van der Waals surface area contributed by atoms with Crippen molar-refractivity contribution in [2.75, 3.05) is 13.1 Å². The van der Waals surface area contributed by atoms with Crippen molar-refractivity contribution >= 4 is 5.91 Å². The molecule has 1 aliphatic carbocycles. The molecule has 2 heterocycles. The molecule has 1 amide bonds. The Kier molecular flexibility index (Phi) is 4.55. The molecule has 4 heteroatoms. The largest absolute Gasteiger partial charge is 0.343 e. The quantitative estimate of drug-likeness (QED) is 0.852. The van der Waals surface area contributed by atoms with E-state index in [0.717, 1.165) is 25.5 Å². The molecule has 1 aromatic rings. The number of carbonyl (C=O) groups excluding carboxylic acids is 1. The van der Waals surface area contributed by atoms with Crippen molar-refractivity contribution in [2.45, 2.75) is 71.3 Å². The third kappa shape index (κ3) is 3.21. The third-order valence-electron chi connectivity index (χ3n) is 5.67. The molecule has 0 radical (unpaired) electrons. The SMILES string of the molecule is CC(C)c1nccn1CCC(=O)N1CCC2(CCCC2)CC1. The van der Waals surface area contributed by atoms with E-state index in [9.17, 15) is 4.79 Å². The predicted molar refractivity (Wildman–Crippen MR) is 87.6 cm³/mol. The van der Waals surface area contributed by atoms with E-state index in [0.29, 0.717) is 23.7 Å². The molecule has 0 atom stereocenters. The zero-order chi connectivity index (χ0) is 15.6. The van der Waals surface area contributed by atoms with E-state index in [-0.39, 0.29) is 0 Å². The number of hydrogen-bond acceptors (Lipinski definition) is 2. The average molecular weight is 303 g/mol. The lowest BCUT2D eigenvalue weighted by atomic mass is 9.77. The van der Waals surface area contributed by atoms with Crippen LogP contribution in [0.2, 0.25) is 0 Å². The van der Waals surface area contributed by atoms with Gasteiger partial charge in [-0.2, -0.15) is 0 Å². The van der Waals surface area contributed by atoms with Crippen LogP contribution in [-0.4, -0.2) is 33.4 Å². The molecule has 0 aromatic carbocycles. The van der Waals surface area contributed by atoms with Gasteiger partial charge in [0, 0.05) is 44.4 Å². The Balaban J connectivity index is 1.49. The number of imidazole rings is 1. The highest BCUT2D eigenvalue weighted by molar-refractivity contribution is 5.76. The van der Waals surface area contributed by atoms with E-state index in [4.69, 9.17) is 0 Å². The van der Waals surface area contributed by atoms with E-state index < -0.39 is 0 Å². The number of rotatable bonds is 4. The maximum absolute atomic E-state index is 12.5. The molecule has 1 aliphatic heterocycles. The maximum Gasteiger partial charge on any atom is 0.224 e. The van der Waals surface area contributed by atoms with E-state index in [2.05, 4.69) is 28.3 Å². The summed E-state index contributed by atoms with van der Waals surface area (Å²) in [5, 5.41) is 0. The summed E-state index contributed by atoms with van der Waals surface area (Å²) >= 11 is 0. The first kappa shape index (κ1) is 15.6. The minimum absolute atomic E-state index is 0.316. The molecular formula is C18H29N3O. The summed E-state index contributed by atoms with van der Waals surface area (Å²) in [6.45, 7) is 6.99. The van der Waals surface area contributed by atoms with E-state index in [1.165, 1.54) is 38.5 Å². The van der Waals surface area contributed by atoms with Crippen LogP contribution in [0.3, 0.4) is 0 Å². The Morgan fingerprint density at radius 1 is 1.23 bits per heavy atom. The Labute approximate surface area is 133 Å². The zero-order valence-electron chi connectivity index (χ0n) is 14.1. The normalized spacial score (nSPS) is 21.0. The molecule has 1 spiro atoms. The highest BCUT2D eigenvalue weighted by Crippen LogP contribution is 2.46. The van der Waals surface area contributed by atoms with E-state index in [1.807, 2.05) is 12.4 Å². The molecule has 22 heavy (non-hydrogen) atoms. The fourth-order valence-electron chi connectivity index (χ4n) is 4.24. The minimum Gasteiger partial charge on any atom is -0.343 e. The molecule has 122 valence electrons. The highest BCUT2D eigenvalue weighted by atomic mass is 16.2. The van der Waals surface area contributed by atoms with Gasteiger partial charge in [0.05, 0.1) is 0 Å². The van der Waals surface area contributed by atoms with Crippen LogP contribution in [0, 0.1) is 5.41 Å². The van der Waals surface area contributed by atoms with Crippen molar-refractivity contribution in [3.05, 3.63) is 18.2 Å². The summed E-state index contributed by atoms with van der Waals surface area (Å²) in [4.78, 5) is 19.0. The zero-order valence-corrected chi connectivity index (χ0v) is 14.1. The Bertz CT molecular complexity index is 504. The molecule has 2 fully saturated rings. The van der Waals surface area contributed by atoms with Crippen molar-refractivity contribution in [3.8, 4) is 0 Å². The lowest BCUT2D eigenvalue weighted by molar-refractivity contribution is -0.133. The van der Waals surface area contributed by atoms with Gasteiger partial charge in [-0.05, 0) is 31.1 Å². The van der Waals surface area contributed by atoms with Gasteiger partial charge in [0.2, 0.25) is 5.91 Å². The van der Waals surface area contributed by atoms with Crippen LogP contribution < -0.4 is 0 Å². The number of carbonyl (C=O) groups is 1. The number of nitrogens with zero attached hydrogens (tertiary/aromatic N) is 3. The molecule has 1 saturated heterocycles. The lowest BCUT2D eigenvalue weighted by Crippen LogP contribution is -2.42. The van der Waals surface area contributed by atoms with Gasteiger partial charge in [0.25, 0.3) is 0 Å². The molecule has 0 unspecified atom stereocenters. The van der Waals surface area contributed by atoms with E-state index >= 15 is 0 Å². The number of aromatic nitrogens is 2. The fourth-order valence-corrected chi connectivity index (χ4v) is 4.24. The second-order valence-electron chi connectivity index (χ2n) is 7.47. The summed E-state index contributed by atoms with van der Waals surface area (Å²) in [6.07, 6.45) is 12.4. The topological polar surface area (TPSA) is 38.1 Å². The Morgan fingerprint density at radius 2 is 1.91 bits per heavy atom. The smallest absolute Gasteiger partial charge is 0.224 e.